The first-order valence-corrected chi connectivity index (χ1v) is 8.73. The van der Waals surface area contributed by atoms with Crippen molar-refractivity contribution in [1.29, 1.82) is 0 Å². The fourth-order valence-electron chi connectivity index (χ4n) is 3.30. The number of hydrogen-bond donors (Lipinski definition) is 0. The lowest BCUT2D eigenvalue weighted by molar-refractivity contribution is -0.0119. The molecule has 24 heavy (non-hydrogen) atoms. The molecule has 1 aliphatic rings. The second-order valence-electron chi connectivity index (χ2n) is 6.32. The van der Waals surface area contributed by atoms with E-state index in [0.29, 0.717) is 6.10 Å². The molecule has 0 saturated heterocycles. The molecule has 0 spiro atoms. The van der Waals surface area contributed by atoms with E-state index in [1.165, 1.54) is 19.3 Å². The Morgan fingerprint density at radius 3 is 1.58 bits per heavy atom. The van der Waals surface area contributed by atoms with E-state index >= 15 is 0 Å². The van der Waals surface area contributed by atoms with E-state index in [4.69, 9.17) is 14.2 Å². The molecule has 0 unspecified atom stereocenters. The highest BCUT2D eigenvalue weighted by Gasteiger charge is 2.22. The van der Waals surface area contributed by atoms with E-state index in [2.05, 4.69) is 24.3 Å². The van der Waals surface area contributed by atoms with Gasteiger partial charge in [0.25, 0.3) is 0 Å². The molecule has 2 aromatic rings. The third-order valence-electron chi connectivity index (χ3n) is 4.72. The first-order chi connectivity index (χ1) is 11.8. The zero-order valence-corrected chi connectivity index (χ0v) is 14.5. The SMILES string of the molecule is COc1ccc(C(OC2CCCCC2)c2ccc(OC)cc2)cc1. The van der Waals surface area contributed by atoms with Gasteiger partial charge in [-0.1, -0.05) is 43.5 Å². The van der Waals surface area contributed by atoms with Crippen LogP contribution in [0.1, 0.15) is 49.3 Å². The monoisotopic (exact) mass is 326 g/mol. The van der Waals surface area contributed by atoms with Gasteiger partial charge in [-0.3, -0.25) is 0 Å². The van der Waals surface area contributed by atoms with Crippen molar-refractivity contribution < 1.29 is 14.2 Å². The quantitative estimate of drug-likeness (QED) is 0.735. The fourth-order valence-corrected chi connectivity index (χ4v) is 3.30. The Kier molecular flexibility index (Phi) is 5.76. The molecule has 3 nitrogen and oxygen atoms in total. The largest absolute Gasteiger partial charge is 0.497 e. The Labute approximate surface area is 144 Å². The first-order valence-electron chi connectivity index (χ1n) is 8.73. The third-order valence-corrected chi connectivity index (χ3v) is 4.72. The second-order valence-corrected chi connectivity index (χ2v) is 6.32. The van der Waals surface area contributed by atoms with E-state index < -0.39 is 0 Å². The maximum atomic E-state index is 6.53. The summed E-state index contributed by atoms with van der Waals surface area (Å²) in [6.45, 7) is 0. The van der Waals surface area contributed by atoms with Crippen molar-refractivity contribution in [1.82, 2.24) is 0 Å². The van der Waals surface area contributed by atoms with Crippen LogP contribution in [0.3, 0.4) is 0 Å². The lowest BCUT2D eigenvalue weighted by atomic mass is 9.96. The van der Waals surface area contributed by atoms with Crippen LogP contribution in [0.25, 0.3) is 0 Å². The van der Waals surface area contributed by atoms with Crippen molar-refractivity contribution in [3.05, 3.63) is 59.7 Å². The van der Waals surface area contributed by atoms with Gasteiger partial charge >= 0.3 is 0 Å². The number of benzene rings is 2. The van der Waals surface area contributed by atoms with Crippen molar-refractivity contribution in [2.45, 2.75) is 44.3 Å². The van der Waals surface area contributed by atoms with Crippen LogP contribution in [-0.4, -0.2) is 20.3 Å². The Bertz CT molecular complexity index is 565. The average Bonchev–Trinajstić information content (AvgIpc) is 2.67. The van der Waals surface area contributed by atoms with Gasteiger partial charge in [0.05, 0.1) is 20.3 Å². The summed E-state index contributed by atoms with van der Waals surface area (Å²) in [5.74, 6) is 1.73. The molecule has 2 aromatic carbocycles. The molecule has 0 amide bonds. The van der Waals surface area contributed by atoms with Crippen LogP contribution >= 0.6 is 0 Å². The molecule has 0 radical (unpaired) electrons. The van der Waals surface area contributed by atoms with Crippen LogP contribution in [0.4, 0.5) is 0 Å². The zero-order valence-electron chi connectivity index (χ0n) is 14.5. The van der Waals surface area contributed by atoms with Crippen molar-refractivity contribution in [3.8, 4) is 11.5 Å². The maximum Gasteiger partial charge on any atom is 0.118 e. The van der Waals surface area contributed by atoms with E-state index in [1.54, 1.807) is 14.2 Å². The molecule has 3 rings (SSSR count). The van der Waals surface area contributed by atoms with Crippen molar-refractivity contribution in [3.63, 3.8) is 0 Å². The topological polar surface area (TPSA) is 27.7 Å². The molecule has 0 atom stereocenters. The summed E-state index contributed by atoms with van der Waals surface area (Å²) in [6.07, 6.45) is 6.46. The summed E-state index contributed by atoms with van der Waals surface area (Å²) in [6, 6.07) is 16.4. The lowest BCUT2D eigenvalue weighted by Gasteiger charge is -2.28. The van der Waals surface area contributed by atoms with Gasteiger partial charge < -0.3 is 14.2 Å². The molecule has 1 saturated carbocycles. The van der Waals surface area contributed by atoms with Crippen LogP contribution in [0.5, 0.6) is 11.5 Å². The van der Waals surface area contributed by atoms with Gasteiger partial charge in [0.15, 0.2) is 0 Å². The third kappa shape index (κ3) is 4.09. The van der Waals surface area contributed by atoms with Crippen LogP contribution in [0.15, 0.2) is 48.5 Å². The molecule has 3 heteroatoms. The number of methoxy groups -OCH3 is 2. The van der Waals surface area contributed by atoms with Gasteiger partial charge in [0, 0.05) is 0 Å². The molecular formula is C21H26O3. The van der Waals surface area contributed by atoms with E-state index in [9.17, 15) is 0 Å². The smallest absolute Gasteiger partial charge is 0.118 e. The average molecular weight is 326 g/mol. The lowest BCUT2D eigenvalue weighted by Crippen LogP contribution is -2.20. The summed E-state index contributed by atoms with van der Waals surface area (Å²) in [5, 5.41) is 0. The van der Waals surface area contributed by atoms with Crippen LogP contribution in [0, 0.1) is 0 Å². The Balaban J connectivity index is 1.85. The highest BCUT2D eigenvalue weighted by Crippen LogP contribution is 2.33. The van der Waals surface area contributed by atoms with Gasteiger partial charge in [-0.25, -0.2) is 0 Å². The Morgan fingerprint density at radius 1 is 0.708 bits per heavy atom. The number of ether oxygens (including phenoxy) is 3. The molecule has 128 valence electrons. The predicted molar refractivity (Wildman–Crippen MR) is 95.8 cm³/mol. The summed E-state index contributed by atoms with van der Waals surface area (Å²) < 4.78 is 17.1. The summed E-state index contributed by atoms with van der Waals surface area (Å²) in [5.41, 5.74) is 2.32. The molecule has 0 N–H and O–H groups in total. The standard InChI is InChI=1S/C21H26O3/c1-22-18-12-8-16(9-13-18)21(24-20-6-4-3-5-7-20)17-10-14-19(23-2)15-11-17/h8-15,20-21H,3-7H2,1-2H3. The highest BCUT2D eigenvalue weighted by molar-refractivity contribution is 5.36. The molecule has 0 bridgehead atoms. The van der Waals surface area contributed by atoms with Gasteiger partial charge in [0.1, 0.15) is 17.6 Å². The van der Waals surface area contributed by atoms with Gasteiger partial charge in [-0.15, -0.1) is 0 Å². The van der Waals surface area contributed by atoms with Crippen LogP contribution in [0.2, 0.25) is 0 Å². The molecule has 1 aliphatic carbocycles. The molecule has 0 aromatic heterocycles. The Hall–Kier alpha value is -2.00. The molecular weight excluding hydrogens is 300 g/mol. The minimum absolute atomic E-state index is 0.0510. The fraction of sp³-hybridized carbons (Fsp3) is 0.429. The van der Waals surface area contributed by atoms with Crippen molar-refractivity contribution >= 4 is 0 Å². The van der Waals surface area contributed by atoms with Crippen LogP contribution < -0.4 is 9.47 Å². The molecule has 1 fully saturated rings. The van der Waals surface area contributed by atoms with Gasteiger partial charge in [0.2, 0.25) is 0 Å². The normalized spacial score (nSPS) is 15.5. The minimum atomic E-state index is -0.0510. The van der Waals surface area contributed by atoms with Gasteiger partial charge in [-0.05, 0) is 48.2 Å². The van der Waals surface area contributed by atoms with Crippen molar-refractivity contribution in [2.24, 2.45) is 0 Å². The van der Waals surface area contributed by atoms with E-state index in [1.807, 2.05) is 24.3 Å². The first kappa shape index (κ1) is 16.8. The summed E-state index contributed by atoms with van der Waals surface area (Å²) in [4.78, 5) is 0. The summed E-state index contributed by atoms with van der Waals surface area (Å²) in [7, 11) is 3.38. The predicted octanol–water partition coefficient (Wildman–Crippen LogP) is 5.14. The van der Waals surface area contributed by atoms with E-state index in [-0.39, 0.29) is 6.10 Å². The molecule has 0 heterocycles. The van der Waals surface area contributed by atoms with Crippen molar-refractivity contribution in [2.75, 3.05) is 14.2 Å². The maximum absolute atomic E-state index is 6.53. The van der Waals surface area contributed by atoms with E-state index in [0.717, 1.165) is 35.5 Å². The highest BCUT2D eigenvalue weighted by atomic mass is 16.5. The summed E-state index contributed by atoms with van der Waals surface area (Å²) >= 11 is 0. The number of hydrogen-bond acceptors (Lipinski definition) is 3. The zero-order chi connectivity index (χ0) is 16.8. The number of rotatable bonds is 6. The second kappa shape index (κ2) is 8.20. The Morgan fingerprint density at radius 2 is 1.17 bits per heavy atom. The minimum Gasteiger partial charge on any atom is -0.497 e. The van der Waals surface area contributed by atoms with Crippen LogP contribution in [-0.2, 0) is 4.74 Å². The van der Waals surface area contributed by atoms with Gasteiger partial charge in [-0.2, -0.15) is 0 Å². The molecule has 0 aliphatic heterocycles.